The zero-order valence-corrected chi connectivity index (χ0v) is 11.9. The second-order valence-corrected chi connectivity index (χ2v) is 5.22. The highest BCUT2D eigenvalue weighted by molar-refractivity contribution is 6.31. The van der Waals surface area contributed by atoms with E-state index in [1.54, 1.807) is 0 Å². The third-order valence-electron chi connectivity index (χ3n) is 3.23. The number of benzene rings is 1. The predicted molar refractivity (Wildman–Crippen MR) is 79.4 cm³/mol. The van der Waals surface area contributed by atoms with E-state index in [0.717, 1.165) is 23.4 Å². The van der Waals surface area contributed by atoms with Crippen molar-refractivity contribution in [2.75, 3.05) is 0 Å². The van der Waals surface area contributed by atoms with E-state index in [-0.39, 0.29) is 0 Å². The summed E-state index contributed by atoms with van der Waals surface area (Å²) in [6.07, 6.45) is 5.77. The van der Waals surface area contributed by atoms with Gasteiger partial charge < -0.3 is 0 Å². The van der Waals surface area contributed by atoms with Gasteiger partial charge in [-0.2, -0.15) is 0 Å². The van der Waals surface area contributed by atoms with Crippen LogP contribution in [0.5, 0.6) is 0 Å². The number of nitrogens with zero attached hydrogens (tertiary/aromatic N) is 1. The summed E-state index contributed by atoms with van der Waals surface area (Å²) in [5, 5.41) is 1.96. The van der Waals surface area contributed by atoms with Crippen molar-refractivity contribution in [3.63, 3.8) is 0 Å². The average molecular weight is 262 g/mol. The maximum atomic E-state index is 6.04. The van der Waals surface area contributed by atoms with Gasteiger partial charge in [-0.3, -0.25) is 4.98 Å². The lowest BCUT2D eigenvalue weighted by Crippen LogP contribution is -1.99. The molecule has 1 aromatic heterocycles. The number of pyridine rings is 1. The van der Waals surface area contributed by atoms with Gasteiger partial charge in [0.25, 0.3) is 0 Å². The number of hydrogen-bond donors (Lipinski definition) is 0. The van der Waals surface area contributed by atoms with Crippen LogP contribution in [0, 0.1) is 0 Å². The minimum Gasteiger partial charge on any atom is -0.253 e. The lowest BCUT2D eigenvalue weighted by atomic mass is 10.0. The smallest absolute Gasteiger partial charge is 0.0720 e. The molecule has 0 spiro atoms. The van der Waals surface area contributed by atoms with E-state index in [1.807, 2.05) is 12.1 Å². The molecule has 0 saturated heterocycles. The molecule has 0 bridgehead atoms. The van der Waals surface area contributed by atoms with Gasteiger partial charge in [0.2, 0.25) is 0 Å². The number of rotatable bonds is 5. The molecule has 1 nitrogen and oxygen atoms in total. The second kappa shape index (κ2) is 6.19. The van der Waals surface area contributed by atoms with Crippen molar-refractivity contribution >= 4 is 22.5 Å². The van der Waals surface area contributed by atoms with Crippen molar-refractivity contribution in [1.29, 1.82) is 0 Å². The first-order valence-electron chi connectivity index (χ1n) is 6.82. The first-order valence-corrected chi connectivity index (χ1v) is 7.20. The van der Waals surface area contributed by atoms with Crippen LogP contribution in [0.25, 0.3) is 10.9 Å². The lowest BCUT2D eigenvalue weighted by Gasteiger charge is -2.10. The maximum Gasteiger partial charge on any atom is 0.0720 e. The number of fused-ring (bicyclic) bond motifs is 1. The lowest BCUT2D eigenvalue weighted by molar-refractivity contribution is 0.763. The quantitative estimate of drug-likeness (QED) is 0.722. The largest absolute Gasteiger partial charge is 0.253 e. The summed E-state index contributed by atoms with van der Waals surface area (Å²) in [7, 11) is 0. The molecule has 18 heavy (non-hydrogen) atoms. The molecule has 0 aliphatic rings. The van der Waals surface area contributed by atoms with Crippen molar-refractivity contribution in [3.05, 3.63) is 40.5 Å². The Morgan fingerprint density at radius 3 is 2.61 bits per heavy atom. The molecule has 2 aromatic rings. The number of unbranched alkanes of at least 4 members (excludes halogenated alkanes) is 1. The van der Waals surface area contributed by atoms with Crippen LogP contribution < -0.4 is 0 Å². The van der Waals surface area contributed by atoms with E-state index in [9.17, 15) is 0 Å². The summed E-state index contributed by atoms with van der Waals surface area (Å²) >= 11 is 6.04. The van der Waals surface area contributed by atoms with Crippen molar-refractivity contribution in [2.45, 2.75) is 46.0 Å². The van der Waals surface area contributed by atoms with Crippen LogP contribution in [0.1, 0.15) is 44.4 Å². The number of halogens is 1. The molecule has 0 aliphatic heterocycles. The van der Waals surface area contributed by atoms with Gasteiger partial charge in [0.1, 0.15) is 0 Å². The minimum atomic E-state index is 0.764. The van der Waals surface area contributed by atoms with Crippen LogP contribution in [0.3, 0.4) is 0 Å². The molecule has 0 atom stereocenters. The van der Waals surface area contributed by atoms with Crippen LogP contribution >= 0.6 is 11.6 Å². The van der Waals surface area contributed by atoms with Crippen LogP contribution in [0.4, 0.5) is 0 Å². The Bertz CT molecular complexity index is 534. The Balaban J connectivity index is 2.46. The Morgan fingerprint density at radius 1 is 1.06 bits per heavy atom. The van der Waals surface area contributed by atoms with Crippen LogP contribution in [0.15, 0.2) is 24.3 Å². The molecule has 0 fully saturated rings. The van der Waals surface area contributed by atoms with Gasteiger partial charge in [-0.15, -0.1) is 0 Å². The van der Waals surface area contributed by atoms with Crippen molar-refractivity contribution in [2.24, 2.45) is 0 Å². The van der Waals surface area contributed by atoms with Gasteiger partial charge in [0.05, 0.1) is 5.52 Å². The fraction of sp³-hybridized carbons (Fsp3) is 0.438. The third kappa shape index (κ3) is 3.02. The molecular weight excluding hydrogens is 242 g/mol. The van der Waals surface area contributed by atoms with Gasteiger partial charge in [-0.1, -0.05) is 44.4 Å². The Labute approximate surface area is 114 Å². The maximum absolute atomic E-state index is 6.04. The van der Waals surface area contributed by atoms with Crippen molar-refractivity contribution < 1.29 is 0 Å². The van der Waals surface area contributed by atoms with Crippen LogP contribution in [-0.4, -0.2) is 4.98 Å². The molecule has 2 rings (SSSR count). The second-order valence-electron chi connectivity index (χ2n) is 4.78. The first-order chi connectivity index (χ1) is 8.74. The molecule has 1 heterocycles. The fourth-order valence-electron chi connectivity index (χ4n) is 2.27. The highest BCUT2D eigenvalue weighted by Gasteiger charge is 2.06. The molecule has 0 saturated carbocycles. The van der Waals surface area contributed by atoms with E-state index in [0.29, 0.717) is 0 Å². The summed E-state index contributed by atoms with van der Waals surface area (Å²) in [5.41, 5.74) is 3.68. The highest BCUT2D eigenvalue weighted by Crippen LogP contribution is 2.22. The van der Waals surface area contributed by atoms with Gasteiger partial charge in [0, 0.05) is 16.1 Å². The van der Waals surface area contributed by atoms with E-state index in [1.165, 1.54) is 35.9 Å². The number of aryl methyl sites for hydroxylation is 2. The van der Waals surface area contributed by atoms with Gasteiger partial charge in [-0.05, 0) is 43.0 Å². The molecule has 0 amide bonds. The highest BCUT2D eigenvalue weighted by atomic mass is 35.5. The number of hydrogen-bond acceptors (Lipinski definition) is 1. The first kappa shape index (κ1) is 13.4. The average Bonchev–Trinajstić information content (AvgIpc) is 2.37. The molecule has 0 radical (unpaired) electrons. The molecule has 2 heteroatoms. The molecule has 0 aliphatic carbocycles. The topological polar surface area (TPSA) is 12.9 Å². The summed E-state index contributed by atoms with van der Waals surface area (Å²) in [4.78, 5) is 4.81. The summed E-state index contributed by atoms with van der Waals surface area (Å²) in [6, 6.07) is 8.25. The molecule has 1 aromatic carbocycles. The monoisotopic (exact) mass is 261 g/mol. The van der Waals surface area contributed by atoms with Crippen LogP contribution in [-0.2, 0) is 12.8 Å². The standard InChI is InChI=1S/C16H20ClN/c1-3-5-7-15-12(6-4-2)10-13-8-9-14(17)11-16(13)18-15/h8-11H,3-7H2,1-2H3. The minimum absolute atomic E-state index is 0.764. The van der Waals surface area contributed by atoms with E-state index in [2.05, 4.69) is 26.0 Å². The van der Waals surface area contributed by atoms with Gasteiger partial charge >= 0.3 is 0 Å². The predicted octanol–water partition coefficient (Wildman–Crippen LogP) is 5.18. The molecular formula is C16H20ClN. The third-order valence-corrected chi connectivity index (χ3v) is 3.47. The van der Waals surface area contributed by atoms with Crippen LogP contribution in [0.2, 0.25) is 5.02 Å². The summed E-state index contributed by atoms with van der Waals surface area (Å²) in [6.45, 7) is 4.44. The van der Waals surface area contributed by atoms with E-state index in [4.69, 9.17) is 16.6 Å². The van der Waals surface area contributed by atoms with E-state index >= 15 is 0 Å². The Morgan fingerprint density at radius 2 is 1.89 bits per heavy atom. The molecule has 96 valence electrons. The fourth-order valence-corrected chi connectivity index (χ4v) is 2.44. The normalized spacial score (nSPS) is 11.1. The summed E-state index contributed by atoms with van der Waals surface area (Å²) in [5.74, 6) is 0. The zero-order chi connectivity index (χ0) is 13.0. The Hall–Kier alpha value is -1.08. The summed E-state index contributed by atoms with van der Waals surface area (Å²) < 4.78 is 0. The van der Waals surface area contributed by atoms with Gasteiger partial charge in [0.15, 0.2) is 0 Å². The number of aromatic nitrogens is 1. The van der Waals surface area contributed by atoms with Gasteiger partial charge in [-0.25, -0.2) is 0 Å². The van der Waals surface area contributed by atoms with Crippen molar-refractivity contribution in [1.82, 2.24) is 4.98 Å². The molecule has 0 unspecified atom stereocenters. The molecule has 0 N–H and O–H groups in total. The SMILES string of the molecule is CCCCc1nc2cc(Cl)ccc2cc1CCC. The van der Waals surface area contributed by atoms with Crippen molar-refractivity contribution in [3.8, 4) is 0 Å². The van der Waals surface area contributed by atoms with E-state index < -0.39 is 0 Å². The Kier molecular flexibility index (Phi) is 4.60. The zero-order valence-electron chi connectivity index (χ0n) is 11.2.